The first-order chi connectivity index (χ1) is 13.6. The summed E-state index contributed by atoms with van der Waals surface area (Å²) in [6.07, 6.45) is 1.31. The summed E-state index contributed by atoms with van der Waals surface area (Å²) >= 11 is 0. The Labute approximate surface area is 171 Å². The Kier molecular flexibility index (Phi) is 7.37. The van der Waals surface area contributed by atoms with Gasteiger partial charge in [-0.25, -0.2) is 8.42 Å². The average molecular weight is 425 g/mol. The Morgan fingerprint density at radius 1 is 1.28 bits per heavy atom. The van der Waals surface area contributed by atoms with Gasteiger partial charge in [-0.05, 0) is 44.9 Å². The Balaban J connectivity index is 2.07. The van der Waals surface area contributed by atoms with Crippen molar-refractivity contribution >= 4 is 27.7 Å². The molecule has 0 bridgehead atoms. The van der Waals surface area contributed by atoms with Crippen LogP contribution in [0.2, 0.25) is 0 Å². The van der Waals surface area contributed by atoms with Gasteiger partial charge in [-0.15, -0.1) is 0 Å². The van der Waals surface area contributed by atoms with E-state index < -0.39 is 22.0 Å². The topological polar surface area (TPSA) is 116 Å². The molecule has 1 heterocycles. The van der Waals surface area contributed by atoms with Crippen molar-refractivity contribution in [1.82, 2.24) is 19.8 Å². The van der Waals surface area contributed by atoms with Gasteiger partial charge in [0.15, 0.2) is 0 Å². The molecule has 1 aliphatic rings. The van der Waals surface area contributed by atoms with E-state index in [9.17, 15) is 22.8 Å². The van der Waals surface area contributed by atoms with Gasteiger partial charge >= 0.3 is 0 Å². The van der Waals surface area contributed by atoms with Crippen LogP contribution in [0.5, 0.6) is 0 Å². The number of rotatable bonds is 7. The van der Waals surface area contributed by atoms with Gasteiger partial charge in [-0.3, -0.25) is 14.4 Å². The fourth-order valence-electron chi connectivity index (χ4n) is 3.11. The van der Waals surface area contributed by atoms with Crippen molar-refractivity contribution in [2.45, 2.75) is 43.7 Å². The van der Waals surface area contributed by atoms with Gasteiger partial charge in [0.05, 0.1) is 11.4 Å². The smallest absolute Gasteiger partial charge is 0.251 e. The van der Waals surface area contributed by atoms with E-state index in [1.807, 2.05) is 0 Å². The van der Waals surface area contributed by atoms with E-state index in [1.165, 1.54) is 47.6 Å². The fourth-order valence-corrected chi connectivity index (χ4v) is 4.52. The second-order valence-electron chi connectivity index (χ2n) is 7.18. The van der Waals surface area contributed by atoms with Crippen LogP contribution in [0.1, 0.15) is 37.0 Å². The van der Waals surface area contributed by atoms with Crippen LogP contribution in [0.4, 0.5) is 0 Å². The Hall–Kier alpha value is -2.46. The van der Waals surface area contributed by atoms with Crippen molar-refractivity contribution in [2.75, 3.05) is 27.2 Å². The zero-order valence-electron chi connectivity index (χ0n) is 17.1. The molecule has 9 nitrogen and oxygen atoms in total. The second-order valence-corrected chi connectivity index (χ2v) is 9.18. The molecular formula is C19H28N4O5S. The van der Waals surface area contributed by atoms with Gasteiger partial charge in [-0.2, -0.15) is 4.31 Å². The summed E-state index contributed by atoms with van der Waals surface area (Å²) in [5.41, 5.74) is 0.139. The number of hydrogen-bond donors (Lipinski definition) is 2. The molecule has 1 aliphatic heterocycles. The summed E-state index contributed by atoms with van der Waals surface area (Å²) < 4.78 is 26.4. The minimum Gasteiger partial charge on any atom is -0.357 e. The lowest BCUT2D eigenvalue weighted by Crippen LogP contribution is -2.48. The molecule has 2 rings (SSSR count). The maximum absolute atomic E-state index is 12.6. The molecule has 2 N–H and O–H groups in total. The number of nitrogens with one attached hydrogen (secondary N) is 2. The minimum atomic E-state index is -3.72. The highest BCUT2D eigenvalue weighted by Crippen LogP contribution is 2.19. The molecule has 1 aromatic carbocycles. The molecular weight excluding hydrogens is 396 g/mol. The summed E-state index contributed by atoms with van der Waals surface area (Å²) in [6.45, 7) is 3.70. The van der Waals surface area contributed by atoms with E-state index in [4.69, 9.17) is 0 Å². The van der Waals surface area contributed by atoms with Gasteiger partial charge < -0.3 is 15.5 Å². The largest absolute Gasteiger partial charge is 0.357 e. The van der Waals surface area contributed by atoms with Crippen LogP contribution < -0.4 is 10.6 Å². The van der Waals surface area contributed by atoms with E-state index in [-0.39, 0.29) is 34.9 Å². The van der Waals surface area contributed by atoms with Crippen LogP contribution in [-0.4, -0.2) is 74.6 Å². The summed E-state index contributed by atoms with van der Waals surface area (Å²) in [5.74, 6) is -1.14. The van der Waals surface area contributed by atoms with E-state index in [1.54, 1.807) is 13.8 Å². The number of likely N-dealkylation sites (tertiary alicyclic amines) is 1. The van der Waals surface area contributed by atoms with Crippen LogP contribution in [0.25, 0.3) is 0 Å². The number of amides is 3. The van der Waals surface area contributed by atoms with Crippen molar-refractivity contribution in [1.29, 1.82) is 0 Å². The van der Waals surface area contributed by atoms with Gasteiger partial charge in [0, 0.05) is 32.2 Å². The molecule has 29 heavy (non-hydrogen) atoms. The number of nitrogens with zero attached hydrogens (tertiary/aromatic N) is 2. The lowest BCUT2D eigenvalue weighted by molar-refractivity contribution is -0.137. The normalized spacial score (nSPS) is 16.9. The van der Waals surface area contributed by atoms with Crippen LogP contribution in [0.15, 0.2) is 29.2 Å². The molecule has 1 saturated heterocycles. The van der Waals surface area contributed by atoms with Crippen LogP contribution in [0.3, 0.4) is 0 Å². The molecule has 0 spiro atoms. The zero-order valence-corrected chi connectivity index (χ0v) is 18.0. The molecule has 1 aromatic rings. The lowest BCUT2D eigenvalue weighted by atomic mass is 10.2. The fraction of sp³-hybridized carbons (Fsp3) is 0.526. The first kappa shape index (κ1) is 22.8. The third-order valence-electron chi connectivity index (χ3n) is 5.02. The second kappa shape index (κ2) is 9.36. The molecule has 1 fully saturated rings. The van der Waals surface area contributed by atoms with Crippen molar-refractivity contribution in [2.24, 2.45) is 0 Å². The number of benzene rings is 1. The molecule has 10 heteroatoms. The molecule has 1 atom stereocenters. The Bertz CT molecular complexity index is 884. The Morgan fingerprint density at radius 3 is 2.59 bits per heavy atom. The first-order valence-corrected chi connectivity index (χ1v) is 10.9. The van der Waals surface area contributed by atoms with Gasteiger partial charge in [0.1, 0.15) is 6.04 Å². The molecule has 0 aromatic heterocycles. The lowest BCUT2D eigenvalue weighted by Gasteiger charge is -2.23. The van der Waals surface area contributed by atoms with E-state index in [0.717, 1.165) is 6.42 Å². The molecule has 3 amide bonds. The average Bonchev–Trinajstić information content (AvgIpc) is 3.20. The van der Waals surface area contributed by atoms with Crippen molar-refractivity contribution in [3.8, 4) is 0 Å². The van der Waals surface area contributed by atoms with Crippen molar-refractivity contribution < 1.29 is 22.8 Å². The minimum absolute atomic E-state index is 0.00639. The highest BCUT2D eigenvalue weighted by atomic mass is 32.2. The Morgan fingerprint density at radius 2 is 1.97 bits per heavy atom. The third kappa shape index (κ3) is 5.13. The highest BCUT2D eigenvalue weighted by Gasteiger charge is 2.33. The standard InChI is InChI=1S/C19H28N4O5S/c1-13(2)22(4)29(27,28)15-8-5-7-14(11-15)18(25)21-12-17(24)23-10-6-9-16(23)19(26)20-3/h5,7-8,11,13,16H,6,9-10,12H2,1-4H3,(H,20,26)(H,21,25). The molecule has 160 valence electrons. The summed E-state index contributed by atoms with van der Waals surface area (Å²) in [4.78, 5) is 38.2. The monoisotopic (exact) mass is 424 g/mol. The maximum atomic E-state index is 12.6. The maximum Gasteiger partial charge on any atom is 0.251 e. The van der Waals surface area contributed by atoms with Gasteiger partial charge in [0.2, 0.25) is 21.8 Å². The zero-order chi connectivity index (χ0) is 21.8. The van der Waals surface area contributed by atoms with Crippen molar-refractivity contribution in [3.05, 3.63) is 29.8 Å². The number of sulfonamides is 1. The predicted molar refractivity (Wildman–Crippen MR) is 108 cm³/mol. The van der Waals surface area contributed by atoms with E-state index in [2.05, 4.69) is 10.6 Å². The quantitative estimate of drug-likeness (QED) is 0.648. The predicted octanol–water partition coefficient (Wildman–Crippen LogP) is 0.182. The molecule has 0 radical (unpaired) electrons. The van der Waals surface area contributed by atoms with E-state index in [0.29, 0.717) is 13.0 Å². The molecule has 1 unspecified atom stereocenters. The number of likely N-dealkylation sites (N-methyl/N-ethyl adjacent to an activating group) is 1. The van der Waals surface area contributed by atoms with Gasteiger partial charge in [-0.1, -0.05) is 6.07 Å². The third-order valence-corrected chi connectivity index (χ3v) is 7.05. The SMILES string of the molecule is CNC(=O)C1CCCN1C(=O)CNC(=O)c1cccc(S(=O)(=O)N(C)C(C)C)c1. The van der Waals surface area contributed by atoms with Crippen molar-refractivity contribution in [3.63, 3.8) is 0 Å². The number of carbonyl (C=O) groups excluding carboxylic acids is 3. The summed E-state index contributed by atoms with van der Waals surface area (Å²) in [5, 5.41) is 5.05. The number of carbonyl (C=O) groups is 3. The van der Waals surface area contributed by atoms with Crippen LogP contribution in [-0.2, 0) is 19.6 Å². The number of hydrogen-bond acceptors (Lipinski definition) is 5. The van der Waals surface area contributed by atoms with Crippen LogP contribution in [0, 0.1) is 0 Å². The molecule has 0 saturated carbocycles. The van der Waals surface area contributed by atoms with E-state index >= 15 is 0 Å². The summed E-state index contributed by atoms with van der Waals surface area (Å²) in [7, 11) is -0.731. The summed E-state index contributed by atoms with van der Waals surface area (Å²) in [6, 6.07) is 4.93. The van der Waals surface area contributed by atoms with Crippen LogP contribution >= 0.6 is 0 Å². The first-order valence-electron chi connectivity index (χ1n) is 9.47. The molecule has 0 aliphatic carbocycles. The van der Waals surface area contributed by atoms with Gasteiger partial charge in [0.25, 0.3) is 5.91 Å². The highest BCUT2D eigenvalue weighted by molar-refractivity contribution is 7.89.